The lowest BCUT2D eigenvalue weighted by Gasteiger charge is -2.08. The van der Waals surface area contributed by atoms with Crippen molar-refractivity contribution >= 4 is 16.6 Å². The molecule has 0 saturated heterocycles. The Morgan fingerprint density at radius 3 is 2.85 bits per heavy atom. The predicted octanol–water partition coefficient (Wildman–Crippen LogP) is 3.01. The van der Waals surface area contributed by atoms with E-state index in [2.05, 4.69) is 9.97 Å². The summed E-state index contributed by atoms with van der Waals surface area (Å²) in [5.41, 5.74) is 7.05. The van der Waals surface area contributed by atoms with E-state index in [1.807, 2.05) is 30.3 Å². The summed E-state index contributed by atoms with van der Waals surface area (Å²) < 4.78 is 10.8. The highest BCUT2D eigenvalue weighted by molar-refractivity contribution is 5.79. The predicted molar refractivity (Wildman–Crippen MR) is 77.0 cm³/mol. The van der Waals surface area contributed by atoms with Crippen LogP contribution in [0.25, 0.3) is 10.9 Å². The maximum absolute atomic E-state index is 5.71. The normalized spacial score (nSPS) is 10.4. The molecule has 0 saturated carbocycles. The molecule has 0 amide bonds. The van der Waals surface area contributed by atoms with Crippen molar-refractivity contribution in [3.8, 4) is 17.5 Å². The molecule has 3 rings (SSSR count). The third kappa shape index (κ3) is 2.33. The SMILES string of the molecule is COc1nc(Oc2ccc3cccnc3c2)ccc1N. The molecule has 2 aromatic heterocycles. The van der Waals surface area contributed by atoms with Crippen molar-refractivity contribution in [2.75, 3.05) is 12.8 Å². The summed E-state index contributed by atoms with van der Waals surface area (Å²) >= 11 is 0. The van der Waals surface area contributed by atoms with E-state index in [4.69, 9.17) is 15.2 Å². The molecule has 0 spiro atoms. The summed E-state index contributed by atoms with van der Waals surface area (Å²) in [6.07, 6.45) is 1.75. The van der Waals surface area contributed by atoms with Crippen molar-refractivity contribution in [3.63, 3.8) is 0 Å². The molecular formula is C15H13N3O2. The Morgan fingerprint density at radius 2 is 2.00 bits per heavy atom. The number of nitrogens with zero attached hydrogens (tertiary/aromatic N) is 2. The maximum atomic E-state index is 5.71. The second-order valence-corrected chi connectivity index (χ2v) is 4.21. The number of hydrogen-bond donors (Lipinski definition) is 1. The van der Waals surface area contributed by atoms with E-state index in [0.29, 0.717) is 23.2 Å². The lowest BCUT2D eigenvalue weighted by Crippen LogP contribution is -1.97. The number of hydrogen-bond acceptors (Lipinski definition) is 5. The minimum Gasteiger partial charge on any atom is -0.479 e. The fourth-order valence-electron chi connectivity index (χ4n) is 1.89. The van der Waals surface area contributed by atoms with Crippen molar-refractivity contribution in [2.24, 2.45) is 0 Å². The fraction of sp³-hybridized carbons (Fsp3) is 0.0667. The second-order valence-electron chi connectivity index (χ2n) is 4.21. The Labute approximate surface area is 116 Å². The number of rotatable bonds is 3. The first-order valence-electron chi connectivity index (χ1n) is 6.09. The van der Waals surface area contributed by atoms with Crippen LogP contribution in [0.1, 0.15) is 0 Å². The summed E-state index contributed by atoms with van der Waals surface area (Å²) in [6, 6.07) is 13.0. The number of fused-ring (bicyclic) bond motifs is 1. The van der Waals surface area contributed by atoms with E-state index in [9.17, 15) is 0 Å². The van der Waals surface area contributed by atoms with Crippen molar-refractivity contribution in [2.45, 2.75) is 0 Å². The number of methoxy groups -OCH3 is 1. The van der Waals surface area contributed by atoms with Gasteiger partial charge >= 0.3 is 0 Å². The van der Waals surface area contributed by atoms with Gasteiger partial charge in [-0.3, -0.25) is 4.98 Å². The van der Waals surface area contributed by atoms with Gasteiger partial charge in [-0.1, -0.05) is 6.07 Å². The zero-order chi connectivity index (χ0) is 13.9. The van der Waals surface area contributed by atoms with Crippen molar-refractivity contribution in [1.29, 1.82) is 0 Å². The monoisotopic (exact) mass is 267 g/mol. The summed E-state index contributed by atoms with van der Waals surface area (Å²) in [7, 11) is 1.52. The average Bonchev–Trinajstić information content (AvgIpc) is 2.49. The quantitative estimate of drug-likeness (QED) is 0.789. The molecule has 0 aliphatic rings. The van der Waals surface area contributed by atoms with Crippen LogP contribution in [0.2, 0.25) is 0 Å². The summed E-state index contributed by atoms with van der Waals surface area (Å²) in [5.74, 6) is 1.43. The van der Waals surface area contributed by atoms with Gasteiger partial charge in [0, 0.05) is 23.7 Å². The Hall–Kier alpha value is -2.82. The number of pyridine rings is 2. The van der Waals surface area contributed by atoms with Gasteiger partial charge in [-0.2, -0.15) is 4.98 Å². The molecule has 0 aliphatic heterocycles. The van der Waals surface area contributed by atoms with Crippen LogP contribution in [0.5, 0.6) is 17.5 Å². The van der Waals surface area contributed by atoms with E-state index >= 15 is 0 Å². The van der Waals surface area contributed by atoms with Crippen molar-refractivity contribution in [3.05, 3.63) is 48.7 Å². The Bertz CT molecular complexity index is 759. The van der Waals surface area contributed by atoms with E-state index in [1.54, 1.807) is 18.3 Å². The second kappa shape index (κ2) is 5.05. The van der Waals surface area contributed by atoms with Crippen LogP contribution in [0.3, 0.4) is 0 Å². The number of anilines is 1. The Morgan fingerprint density at radius 1 is 1.10 bits per heavy atom. The van der Waals surface area contributed by atoms with Crippen LogP contribution < -0.4 is 15.2 Å². The largest absolute Gasteiger partial charge is 0.479 e. The molecule has 0 aliphatic carbocycles. The van der Waals surface area contributed by atoms with E-state index in [1.165, 1.54) is 7.11 Å². The molecule has 0 atom stereocenters. The van der Waals surface area contributed by atoms with Crippen molar-refractivity contribution < 1.29 is 9.47 Å². The molecule has 0 unspecified atom stereocenters. The average molecular weight is 267 g/mol. The van der Waals surface area contributed by atoms with Gasteiger partial charge in [0.2, 0.25) is 11.8 Å². The number of nitrogen functional groups attached to an aromatic ring is 1. The Balaban J connectivity index is 1.92. The third-order valence-corrected chi connectivity index (χ3v) is 2.86. The highest BCUT2D eigenvalue weighted by atomic mass is 16.5. The fourth-order valence-corrected chi connectivity index (χ4v) is 1.89. The van der Waals surface area contributed by atoms with Gasteiger partial charge in [0.15, 0.2) is 0 Å². The van der Waals surface area contributed by atoms with Crippen LogP contribution in [0.4, 0.5) is 5.69 Å². The molecule has 20 heavy (non-hydrogen) atoms. The molecule has 5 heteroatoms. The first kappa shape index (κ1) is 12.2. The molecule has 0 fully saturated rings. The van der Waals surface area contributed by atoms with Gasteiger partial charge in [-0.05, 0) is 24.3 Å². The third-order valence-electron chi connectivity index (χ3n) is 2.86. The van der Waals surface area contributed by atoms with Crippen LogP contribution in [-0.2, 0) is 0 Å². The molecule has 0 bridgehead atoms. The van der Waals surface area contributed by atoms with Gasteiger partial charge in [-0.25, -0.2) is 0 Å². The first-order valence-corrected chi connectivity index (χ1v) is 6.09. The van der Waals surface area contributed by atoms with E-state index in [0.717, 1.165) is 10.9 Å². The molecular weight excluding hydrogens is 254 g/mol. The summed E-state index contributed by atoms with van der Waals surface area (Å²) in [5, 5.41) is 1.06. The molecule has 0 radical (unpaired) electrons. The highest BCUT2D eigenvalue weighted by Gasteiger charge is 2.05. The maximum Gasteiger partial charge on any atom is 0.240 e. The summed E-state index contributed by atoms with van der Waals surface area (Å²) in [4.78, 5) is 8.46. The number of benzene rings is 1. The topological polar surface area (TPSA) is 70.3 Å². The smallest absolute Gasteiger partial charge is 0.240 e. The van der Waals surface area contributed by atoms with Crippen LogP contribution in [0.15, 0.2) is 48.7 Å². The first-order chi connectivity index (χ1) is 9.76. The van der Waals surface area contributed by atoms with Gasteiger partial charge in [0.05, 0.1) is 18.3 Å². The number of nitrogens with two attached hydrogens (primary N) is 1. The molecule has 5 nitrogen and oxygen atoms in total. The van der Waals surface area contributed by atoms with Gasteiger partial charge in [0.25, 0.3) is 0 Å². The highest BCUT2D eigenvalue weighted by Crippen LogP contribution is 2.27. The molecule has 3 aromatic rings. The standard InChI is InChI=1S/C15H13N3O2/c1-19-15-12(16)6-7-14(18-15)20-11-5-4-10-3-2-8-17-13(10)9-11/h2-9H,16H2,1H3. The minimum absolute atomic E-state index is 0.349. The van der Waals surface area contributed by atoms with Gasteiger partial charge in [-0.15, -0.1) is 0 Å². The van der Waals surface area contributed by atoms with E-state index < -0.39 is 0 Å². The number of aromatic nitrogens is 2. The molecule has 2 heterocycles. The molecule has 2 N–H and O–H groups in total. The lowest BCUT2D eigenvalue weighted by atomic mass is 10.2. The zero-order valence-corrected chi connectivity index (χ0v) is 10.9. The zero-order valence-electron chi connectivity index (χ0n) is 10.9. The summed E-state index contributed by atoms with van der Waals surface area (Å²) in [6.45, 7) is 0. The van der Waals surface area contributed by atoms with Gasteiger partial charge in [0.1, 0.15) is 5.75 Å². The molecule has 100 valence electrons. The molecule has 1 aromatic carbocycles. The minimum atomic E-state index is 0.349. The lowest BCUT2D eigenvalue weighted by molar-refractivity contribution is 0.385. The Kier molecular flexibility index (Phi) is 3.09. The van der Waals surface area contributed by atoms with Crippen LogP contribution in [-0.4, -0.2) is 17.1 Å². The van der Waals surface area contributed by atoms with Crippen LogP contribution in [0, 0.1) is 0 Å². The number of ether oxygens (including phenoxy) is 2. The van der Waals surface area contributed by atoms with Crippen molar-refractivity contribution in [1.82, 2.24) is 9.97 Å². The van der Waals surface area contributed by atoms with Crippen LogP contribution >= 0.6 is 0 Å². The van der Waals surface area contributed by atoms with E-state index in [-0.39, 0.29) is 0 Å². The van der Waals surface area contributed by atoms with Gasteiger partial charge < -0.3 is 15.2 Å².